The van der Waals surface area contributed by atoms with Crippen molar-refractivity contribution in [3.05, 3.63) is 41.7 Å². The number of nitrogens with zero attached hydrogens (tertiary/aromatic N) is 5. The second-order valence-electron chi connectivity index (χ2n) is 5.86. The smallest absolute Gasteiger partial charge is 0.140 e. The van der Waals surface area contributed by atoms with Gasteiger partial charge in [0.15, 0.2) is 0 Å². The van der Waals surface area contributed by atoms with Gasteiger partial charge >= 0.3 is 0 Å². The molecule has 7 heteroatoms. The van der Waals surface area contributed by atoms with Crippen LogP contribution in [0.4, 0.5) is 11.6 Å². The second-order valence-corrected chi connectivity index (χ2v) is 6.76. The van der Waals surface area contributed by atoms with Crippen LogP contribution in [0.5, 0.6) is 0 Å². The number of anilines is 2. The number of rotatable bonds is 4. The lowest BCUT2D eigenvalue weighted by atomic mass is 10.1. The molecular weight excluding hydrogens is 320 g/mol. The average molecular weight is 336 g/mol. The van der Waals surface area contributed by atoms with Crippen molar-refractivity contribution < 1.29 is 0 Å². The molecule has 4 rings (SSSR count). The molecule has 0 spiro atoms. The fourth-order valence-corrected chi connectivity index (χ4v) is 3.76. The molecule has 4 heterocycles. The van der Waals surface area contributed by atoms with E-state index in [0.717, 1.165) is 47.9 Å². The first kappa shape index (κ1) is 14.8. The first-order valence-corrected chi connectivity index (χ1v) is 8.74. The van der Waals surface area contributed by atoms with Crippen molar-refractivity contribution in [1.82, 2.24) is 15.0 Å². The van der Waals surface area contributed by atoms with E-state index in [4.69, 9.17) is 5.26 Å². The largest absolute Gasteiger partial charge is 0.370 e. The van der Waals surface area contributed by atoms with E-state index in [1.54, 1.807) is 29.9 Å². The Kier molecular flexibility index (Phi) is 3.97. The molecule has 1 N–H and O–H groups in total. The van der Waals surface area contributed by atoms with Gasteiger partial charge in [0.2, 0.25) is 0 Å². The van der Waals surface area contributed by atoms with Crippen LogP contribution in [0.1, 0.15) is 12.0 Å². The van der Waals surface area contributed by atoms with Crippen LogP contribution >= 0.6 is 11.3 Å². The van der Waals surface area contributed by atoms with Crippen molar-refractivity contribution >= 4 is 33.2 Å². The van der Waals surface area contributed by atoms with Gasteiger partial charge in [-0.1, -0.05) is 0 Å². The van der Waals surface area contributed by atoms with Gasteiger partial charge in [-0.2, -0.15) is 5.26 Å². The molecule has 0 aromatic carbocycles. The molecule has 0 saturated carbocycles. The van der Waals surface area contributed by atoms with E-state index in [1.165, 1.54) is 0 Å². The molecule has 6 nitrogen and oxygen atoms in total. The summed E-state index contributed by atoms with van der Waals surface area (Å²) in [6.45, 7) is 2.85. The summed E-state index contributed by atoms with van der Waals surface area (Å²) in [4.78, 5) is 16.5. The first-order chi connectivity index (χ1) is 11.8. The molecule has 3 aromatic heterocycles. The summed E-state index contributed by atoms with van der Waals surface area (Å²) >= 11 is 1.65. The zero-order valence-electron chi connectivity index (χ0n) is 13.0. The van der Waals surface area contributed by atoms with Crippen LogP contribution in [0.25, 0.3) is 10.2 Å². The highest BCUT2D eigenvalue weighted by atomic mass is 32.1. The number of hydrogen-bond donors (Lipinski definition) is 1. The monoisotopic (exact) mass is 336 g/mol. The minimum atomic E-state index is 0.547. The van der Waals surface area contributed by atoms with Crippen molar-refractivity contribution in [3.63, 3.8) is 0 Å². The third kappa shape index (κ3) is 2.88. The van der Waals surface area contributed by atoms with Gasteiger partial charge in [-0.25, -0.2) is 15.0 Å². The van der Waals surface area contributed by atoms with E-state index < -0.39 is 0 Å². The Bertz CT molecular complexity index is 882. The maximum atomic E-state index is 8.80. The summed E-state index contributed by atoms with van der Waals surface area (Å²) in [6.07, 6.45) is 4.37. The normalized spacial score (nSPS) is 17.1. The van der Waals surface area contributed by atoms with E-state index in [9.17, 15) is 0 Å². The number of aromatic nitrogens is 3. The minimum absolute atomic E-state index is 0.547. The van der Waals surface area contributed by atoms with Gasteiger partial charge in [0.25, 0.3) is 0 Å². The second kappa shape index (κ2) is 6.42. The zero-order valence-corrected chi connectivity index (χ0v) is 13.8. The van der Waals surface area contributed by atoms with E-state index in [1.807, 2.05) is 6.07 Å². The van der Waals surface area contributed by atoms with Gasteiger partial charge in [0.05, 0.1) is 10.9 Å². The van der Waals surface area contributed by atoms with Crippen molar-refractivity contribution in [3.8, 4) is 6.07 Å². The molecule has 1 atom stereocenters. The third-order valence-electron chi connectivity index (χ3n) is 4.29. The SMILES string of the molecule is N#Cc1ccc(NC[C@H]2CCN(c3ncnc4sccc34)C2)nc1. The number of pyridine rings is 1. The number of nitriles is 1. The fraction of sp³-hybridized carbons (Fsp3) is 0.294. The maximum Gasteiger partial charge on any atom is 0.140 e. The lowest BCUT2D eigenvalue weighted by Crippen LogP contribution is -2.23. The van der Waals surface area contributed by atoms with Gasteiger partial charge in [-0.15, -0.1) is 11.3 Å². The van der Waals surface area contributed by atoms with Gasteiger partial charge in [0.1, 0.15) is 28.9 Å². The van der Waals surface area contributed by atoms with Crippen molar-refractivity contribution in [2.24, 2.45) is 5.92 Å². The molecular formula is C17H16N6S. The van der Waals surface area contributed by atoms with Crippen LogP contribution in [-0.2, 0) is 0 Å². The summed E-state index contributed by atoms with van der Waals surface area (Å²) in [5, 5.41) is 15.4. The van der Waals surface area contributed by atoms with E-state index in [-0.39, 0.29) is 0 Å². The number of hydrogen-bond acceptors (Lipinski definition) is 7. The Balaban J connectivity index is 1.39. The molecule has 1 aliphatic rings. The summed E-state index contributed by atoms with van der Waals surface area (Å²) in [5.41, 5.74) is 0.580. The maximum absolute atomic E-state index is 8.80. The van der Waals surface area contributed by atoms with Crippen LogP contribution in [0.15, 0.2) is 36.1 Å². The Morgan fingerprint density at radius 2 is 2.25 bits per heavy atom. The predicted octanol–water partition coefficient (Wildman–Crippen LogP) is 2.90. The van der Waals surface area contributed by atoms with Crippen LogP contribution in [0, 0.1) is 17.2 Å². The highest BCUT2D eigenvalue weighted by Crippen LogP contribution is 2.30. The standard InChI is InChI=1S/C17H16N6S/c18-7-12-1-2-15(19-8-12)20-9-13-3-5-23(10-13)16-14-4-6-24-17(14)22-11-21-16/h1-2,4,6,8,11,13H,3,5,9-10H2,(H,19,20)/t13-/m1/s1. The Morgan fingerprint density at radius 3 is 3.08 bits per heavy atom. The minimum Gasteiger partial charge on any atom is -0.370 e. The summed E-state index contributed by atoms with van der Waals surface area (Å²) in [6, 6.07) is 7.81. The molecule has 0 amide bonds. The van der Waals surface area contributed by atoms with Crippen molar-refractivity contribution in [2.75, 3.05) is 29.9 Å². The van der Waals surface area contributed by atoms with E-state index in [2.05, 4.69) is 42.7 Å². The molecule has 1 fully saturated rings. The van der Waals surface area contributed by atoms with Gasteiger partial charge in [-0.05, 0) is 35.9 Å². The molecule has 120 valence electrons. The molecule has 24 heavy (non-hydrogen) atoms. The number of nitrogens with one attached hydrogen (secondary N) is 1. The van der Waals surface area contributed by atoms with Crippen LogP contribution < -0.4 is 10.2 Å². The van der Waals surface area contributed by atoms with E-state index >= 15 is 0 Å². The van der Waals surface area contributed by atoms with Crippen LogP contribution in [0.3, 0.4) is 0 Å². The summed E-state index contributed by atoms with van der Waals surface area (Å²) < 4.78 is 0. The van der Waals surface area contributed by atoms with Crippen LogP contribution in [0.2, 0.25) is 0 Å². The van der Waals surface area contributed by atoms with Gasteiger partial charge in [0, 0.05) is 25.8 Å². The molecule has 1 aliphatic heterocycles. The van der Waals surface area contributed by atoms with Crippen molar-refractivity contribution in [2.45, 2.75) is 6.42 Å². The summed E-state index contributed by atoms with van der Waals surface area (Å²) in [5.74, 6) is 2.40. The molecule has 3 aromatic rings. The van der Waals surface area contributed by atoms with Gasteiger partial charge < -0.3 is 10.2 Å². The van der Waals surface area contributed by atoms with E-state index in [0.29, 0.717) is 11.5 Å². The molecule has 0 radical (unpaired) electrons. The quantitative estimate of drug-likeness (QED) is 0.789. The average Bonchev–Trinajstić information content (AvgIpc) is 3.29. The zero-order chi connectivity index (χ0) is 16.4. The number of thiophene rings is 1. The van der Waals surface area contributed by atoms with Gasteiger partial charge in [-0.3, -0.25) is 0 Å². The summed E-state index contributed by atoms with van der Waals surface area (Å²) in [7, 11) is 0. The Morgan fingerprint density at radius 1 is 1.29 bits per heavy atom. The lowest BCUT2D eigenvalue weighted by molar-refractivity contribution is 0.621. The Hall–Kier alpha value is -2.72. The number of fused-ring (bicyclic) bond motifs is 1. The molecule has 0 bridgehead atoms. The Labute approximate surface area is 143 Å². The van der Waals surface area contributed by atoms with Crippen LogP contribution in [-0.4, -0.2) is 34.6 Å². The molecule has 0 unspecified atom stereocenters. The highest BCUT2D eigenvalue weighted by Gasteiger charge is 2.25. The third-order valence-corrected chi connectivity index (χ3v) is 5.11. The fourth-order valence-electron chi connectivity index (χ4n) is 3.03. The highest BCUT2D eigenvalue weighted by molar-refractivity contribution is 7.16. The first-order valence-electron chi connectivity index (χ1n) is 7.86. The predicted molar refractivity (Wildman–Crippen MR) is 95.2 cm³/mol. The van der Waals surface area contributed by atoms with Crippen molar-refractivity contribution in [1.29, 1.82) is 5.26 Å². The molecule has 0 aliphatic carbocycles. The molecule has 1 saturated heterocycles. The topological polar surface area (TPSA) is 77.7 Å². The lowest BCUT2D eigenvalue weighted by Gasteiger charge is -2.18.